The summed E-state index contributed by atoms with van der Waals surface area (Å²) < 4.78 is 1.06. The lowest BCUT2D eigenvalue weighted by atomic mass is 10.0. The third-order valence-corrected chi connectivity index (χ3v) is 5.60. The SMILES string of the molecule is CCC(N)C(Sc1nc(C)cs1)c1cccc(Cl)c1. The van der Waals surface area contributed by atoms with Crippen molar-refractivity contribution in [2.24, 2.45) is 5.73 Å². The topological polar surface area (TPSA) is 38.9 Å². The van der Waals surface area contributed by atoms with Crippen LogP contribution in [0.4, 0.5) is 0 Å². The molecular formula is C14H17ClN2S2. The van der Waals surface area contributed by atoms with Gasteiger partial charge in [0.05, 0.1) is 5.25 Å². The van der Waals surface area contributed by atoms with Crippen molar-refractivity contribution in [3.05, 3.63) is 45.9 Å². The molecule has 0 saturated heterocycles. The Labute approximate surface area is 127 Å². The van der Waals surface area contributed by atoms with Crippen molar-refractivity contribution in [3.8, 4) is 0 Å². The van der Waals surface area contributed by atoms with Crippen LogP contribution in [-0.4, -0.2) is 11.0 Å². The molecule has 0 spiro atoms. The number of nitrogens with zero attached hydrogens (tertiary/aromatic N) is 1. The Morgan fingerprint density at radius 3 is 2.84 bits per heavy atom. The minimum Gasteiger partial charge on any atom is -0.326 e. The Kier molecular flexibility index (Phi) is 5.28. The fraction of sp³-hybridized carbons (Fsp3) is 0.357. The summed E-state index contributed by atoms with van der Waals surface area (Å²) in [7, 11) is 0. The summed E-state index contributed by atoms with van der Waals surface area (Å²) in [4.78, 5) is 4.51. The zero-order valence-corrected chi connectivity index (χ0v) is 13.4. The Bertz CT molecular complexity index is 542. The van der Waals surface area contributed by atoms with Gasteiger partial charge < -0.3 is 5.73 Å². The molecule has 0 radical (unpaired) electrons. The number of hydrogen-bond acceptors (Lipinski definition) is 4. The first-order chi connectivity index (χ1) is 9.10. The number of aryl methyl sites for hydroxylation is 1. The molecule has 0 aliphatic carbocycles. The van der Waals surface area contributed by atoms with Gasteiger partial charge in [0.2, 0.25) is 0 Å². The van der Waals surface area contributed by atoms with Gasteiger partial charge in [0.15, 0.2) is 4.34 Å². The fourth-order valence-corrected chi connectivity index (χ4v) is 4.26. The van der Waals surface area contributed by atoms with E-state index in [9.17, 15) is 0 Å². The minimum absolute atomic E-state index is 0.0904. The number of aromatic nitrogens is 1. The van der Waals surface area contributed by atoms with Crippen LogP contribution in [0, 0.1) is 6.92 Å². The summed E-state index contributed by atoms with van der Waals surface area (Å²) in [5.74, 6) is 0. The van der Waals surface area contributed by atoms with Crippen molar-refractivity contribution in [3.63, 3.8) is 0 Å². The van der Waals surface area contributed by atoms with E-state index in [1.54, 1.807) is 23.1 Å². The summed E-state index contributed by atoms with van der Waals surface area (Å²) in [5.41, 5.74) is 8.49. The number of thiazole rings is 1. The third kappa shape index (κ3) is 3.96. The summed E-state index contributed by atoms with van der Waals surface area (Å²) in [6, 6.07) is 8.03. The second-order valence-electron chi connectivity index (χ2n) is 4.42. The molecular weight excluding hydrogens is 296 g/mol. The van der Waals surface area contributed by atoms with Gasteiger partial charge in [-0.3, -0.25) is 0 Å². The van der Waals surface area contributed by atoms with E-state index in [2.05, 4.69) is 23.4 Å². The molecule has 0 amide bonds. The van der Waals surface area contributed by atoms with Crippen LogP contribution < -0.4 is 5.73 Å². The minimum atomic E-state index is 0.0904. The maximum Gasteiger partial charge on any atom is 0.150 e. The largest absolute Gasteiger partial charge is 0.326 e. The average Bonchev–Trinajstić information content (AvgIpc) is 2.80. The molecule has 2 nitrogen and oxygen atoms in total. The standard InChI is InChI=1S/C14H17ClN2S2/c1-3-12(16)13(10-5-4-6-11(15)7-10)19-14-17-9(2)8-18-14/h4-8,12-13H,3,16H2,1-2H3. The predicted octanol–water partition coefficient (Wildman–Crippen LogP) is 4.68. The van der Waals surface area contributed by atoms with Gasteiger partial charge in [-0.1, -0.05) is 42.4 Å². The van der Waals surface area contributed by atoms with Gasteiger partial charge in [0, 0.05) is 22.1 Å². The number of benzene rings is 1. The Morgan fingerprint density at radius 1 is 1.47 bits per heavy atom. The third-order valence-electron chi connectivity index (χ3n) is 2.86. The summed E-state index contributed by atoms with van der Waals surface area (Å²) >= 11 is 9.48. The van der Waals surface area contributed by atoms with Crippen molar-refractivity contribution in [1.82, 2.24) is 4.98 Å². The summed E-state index contributed by atoms with van der Waals surface area (Å²) in [6.07, 6.45) is 0.925. The smallest absolute Gasteiger partial charge is 0.150 e. The van der Waals surface area contributed by atoms with Crippen LogP contribution in [0.1, 0.15) is 29.9 Å². The van der Waals surface area contributed by atoms with E-state index in [1.165, 1.54) is 5.56 Å². The average molecular weight is 313 g/mol. The summed E-state index contributed by atoms with van der Waals surface area (Å²) in [5, 5.41) is 3.01. The van der Waals surface area contributed by atoms with Crippen molar-refractivity contribution in [2.75, 3.05) is 0 Å². The molecule has 102 valence electrons. The lowest BCUT2D eigenvalue weighted by Crippen LogP contribution is -2.25. The zero-order chi connectivity index (χ0) is 13.8. The molecule has 2 unspecified atom stereocenters. The number of halogens is 1. The van der Waals surface area contributed by atoms with Crippen LogP contribution in [0.25, 0.3) is 0 Å². The zero-order valence-electron chi connectivity index (χ0n) is 11.0. The number of thioether (sulfide) groups is 1. The summed E-state index contributed by atoms with van der Waals surface area (Å²) in [6.45, 7) is 4.12. The van der Waals surface area contributed by atoms with Crippen LogP contribution >= 0.6 is 34.7 Å². The second kappa shape index (κ2) is 6.75. The van der Waals surface area contributed by atoms with E-state index >= 15 is 0 Å². The van der Waals surface area contributed by atoms with Gasteiger partial charge >= 0.3 is 0 Å². The number of rotatable bonds is 5. The molecule has 0 aliphatic rings. The molecule has 2 N–H and O–H groups in total. The van der Waals surface area contributed by atoms with Crippen LogP contribution in [0.5, 0.6) is 0 Å². The Hall–Kier alpha value is -0.550. The van der Waals surface area contributed by atoms with Crippen LogP contribution in [0.2, 0.25) is 5.02 Å². The van der Waals surface area contributed by atoms with E-state index in [0.717, 1.165) is 21.5 Å². The highest BCUT2D eigenvalue weighted by Gasteiger charge is 2.21. The molecule has 2 aromatic rings. The van der Waals surface area contributed by atoms with E-state index in [1.807, 2.05) is 25.1 Å². The maximum absolute atomic E-state index is 6.27. The molecule has 2 atom stereocenters. The predicted molar refractivity (Wildman–Crippen MR) is 85.2 cm³/mol. The molecule has 1 heterocycles. The first-order valence-corrected chi connectivity index (χ1v) is 8.33. The van der Waals surface area contributed by atoms with Gasteiger partial charge in [-0.25, -0.2) is 4.98 Å². The van der Waals surface area contributed by atoms with Crippen molar-refractivity contribution in [1.29, 1.82) is 0 Å². The molecule has 1 aromatic carbocycles. The molecule has 0 saturated carbocycles. The van der Waals surface area contributed by atoms with Gasteiger partial charge in [-0.05, 0) is 31.0 Å². The second-order valence-corrected chi connectivity index (χ2v) is 7.10. The van der Waals surface area contributed by atoms with E-state index in [0.29, 0.717) is 0 Å². The Balaban J connectivity index is 2.25. The van der Waals surface area contributed by atoms with Gasteiger partial charge in [0.1, 0.15) is 0 Å². The highest BCUT2D eigenvalue weighted by atomic mass is 35.5. The van der Waals surface area contributed by atoms with Crippen molar-refractivity contribution >= 4 is 34.7 Å². The van der Waals surface area contributed by atoms with E-state index in [-0.39, 0.29) is 11.3 Å². The maximum atomic E-state index is 6.27. The molecule has 19 heavy (non-hydrogen) atoms. The molecule has 5 heteroatoms. The van der Waals surface area contributed by atoms with Gasteiger partial charge in [-0.2, -0.15) is 0 Å². The normalized spacial score (nSPS) is 14.3. The van der Waals surface area contributed by atoms with Crippen LogP contribution in [-0.2, 0) is 0 Å². The Morgan fingerprint density at radius 2 is 2.26 bits per heavy atom. The molecule has 0 aliphatic heterocycles. The number of nitrogens with two attached hydrogens (primary N) is 1. The quantitative estimate of drug-likeness (QED) is 0.815. The lowest BCUT2D eigenvalue weighted by Gasteiger charge is -2.22. The van der Waals surface area contributed by atoms with Crippen molar-refractivity contribution < 1.29 is 0 Å². The van der Waals surface area contributed by atoms with E-state index < -0.39 is 0 Å². The highest BCUT2D eigenvalue weighted by Crippen LogP contribution is 2.39. The van der Waals surface area contributed by atoms with Crippen molar-refractivity contribution in [2.45, 2.75) is 35.9 Å². The molecule has 1 aromatic heterocycles. The fourth-order valence-electron chi connectivity index (χ4n) is 1.80. The number of hydrogen-bond donors (Lipinski definition) is 1. The molecule has 0 bridgehead atoms. The monoisotopic (exact) mass is 312 g/mol. The highest BCUT2D eigenvalue weighted by molar-refractivity contribution is 8.01. The van der Waals surface area contributed by atoms with E-state index in [4.69, 9.17) is 17.3 Å². The molecule has 2 rings (SSSR count). The van der Waals surface area contributed by atoms with Gasteiger partial charge in [-0.15, -0.1) is 11.3 Å². The van der Waals surface area contributed by atoms with Crippen LogP contribution in [0.3, 0.4) is 0 Å². The first kappa shape index (κ1) is 14.9. The van der Waals surface area contributed by atoms with Crippen LogP contribution in [0.15, 0.2) is 34.0 Å². The first-order valence-electron chi connectivity index (χ1n) is 6.20. The van der Waals surface area contributed by atoms with Gasteiger partial charge in [0.25, 0.3) is 0 Å². The lowest BCUT2D eigenvalue weighted by molar-refractivity contribution is 0.634. The molecule has 0 fully saturated rings.